The topological polar surface area (TPSA) is 122 Å². The molecule has 158 valence electrons. The fraction of sp³-hybridized carbons (Fsp3) is 0.524. The Kier molecular flexibility index (Phi) is 4.49. The first-order chi connectivity index (χ1) is 14.4. The van der Waals surface area contributed by atoms with Crippen LogP contribution in [0.15, 0.2) is 18.2 Å². The summed E-state index contributed by atoms with van der Waals surface area (Å²) >= 11 is 0. The predicted octanol–water partition coefficient (Wildman–Crippen LogP) is -0.505. The van der Waals surface area contributed by atoms with E-state index in [1.807, 2.05) is 6.07 Å². The van der Waals surface area contributed by atoms with Crippen LogP contribution in [0.25, 0.3) is 0 Å². The van der Waals surface area contributed by atoms with Crippen molar-refractivity contribution in [1.29, 1.82) is 0 Å². The lowest BCUT2D eigenvalue weighted by Gasteiger charge is -2.42. The third kappa shape index (κ3) is 2.80. The molecule has 2 unspecified atom stereocenters. The van der Waals surface area contributed by atoms with E-state index in [4.69, 9.17) is 10.5 Å². The number of hydrogen-bond acceptors (Lipinski definition) is 7. The van der Waals surface area contributed by atoms with E-state index in [1.165, 1.54) is 0 Å². The molecule has 2 atom stereocenters. The molecule has 3 saturated heterocycles. The first-order valence-electron chi connectivity index (χ1n) is 10.3. The highest BCUT2D eigenvalue weighted by molar-refractivity contribution is 6.24. The second kappa shape index (κ2) is 6.97. The number of amides is 4. The van der Waals surface area contributed by atoms with Gasteiger partial charge >= 0.3 is 0 Å². The van der Waals surface area contributed by atoms with Crippen LogP contribution < -0.4 is 11.1 Å². The van der Waals surface area contributed by atoms with E-state index in [1.54, 1.807) is 12.1 Å². The van der Waals surface area contributed by atoms with Crippen molar-refractivity contribution in [2.24, 2.45) is 17.1 Å². The number of carbonyl (C=O) groups is 4. The van der Waals surface area contributed by atoms with Crippen molar-refractivity contribution in [3.63, 3.8) is 0 Å². The van der Waals surface area contributed by atoms with Crippen molar-refractivity contribution < 1.29 is 23.9 Å². The number of benzene rings is 1. The summed E-state index contributed by atoms with van der Waals surface area (Å²) in [6.45, 7) is 4.20. The Morgan fingerprint density at radius 2 is 1.97 bits per heavy atom. The first-order valence-corrected chi connectivity index (χ1v) is 10.3. The summed E-state index contributed by atoms with van der Waals surface area (Å²) in [4.78, 5) is 53.2. The zero-order chi connectivity index (χ0) is 21.0. The van der Waals surface area contributed by atoms with Gasteiger partial charge in [0.1, 0.15) is 6.04 Å². The van der Waals surface area contributed by atoms with Gasteiger partial charge in [-0.3, -0.25) is 34.3 Å². The zero-order valence-electron chi connectivity index (χ0n) is 16.6. The van der Waals surface area contributed by atoms with Gasteiger partial charge in [0.05, 0.1) is 24.3 Å². The van der Waals surface area contributed by atoms with Gasteiger partial charge in [-0.15, -0.1) is 0 Å². The Morgan fingerprint density at radius 3 is 2.60 bits per heavy atom. The Morgan fingerprint density at radius 1 is 1.17 bits per heavy atom. The van der Waals surface area contributed by atoms with Crippen LogP contribution in [0.1, 0.15) is 39.1 Å². The average Bonchev–Trinajstić information content (AvgIpc) is 3.19. The molecule has 30 heavy (non-hydrogen) atoms. The summed E-state index contributed by atoms with van der Waals surface area (Å²) in [7, 11) is 0. The molecule has 1 spiro atoms. The Balaban J connectivity index is 1.40. The van der Waals surface area contributed by atoms with Gasteiger partial charge in [-0.05, 0) is 30.5 Å². The molecule has 0 aliphatic carbocycles. The van der Waals surface area contributed by atoms with Gasteiger partial charge in [0.15, 0.2) is 0 Å². The van der Waals surface area contributed by atoms with Gasteiger partial charge in [-0.2, -0.15) is 0 Å². The third-order valence-electron chi connectivity index (χ3n) is 6.90. The summed E-state index contributed by atoms with van der Waals surface area (Å²) in [5.41, 5.74) is 7.52. The summed E-state index contributed by atoms with van der Waals surface area (Å²) in [6, 6.07) is 4.30. The van der Waals surface area contributed by atoms with Gasteiger partial charge in [0.25, 0.3) is 11.8 Å². The van der Waals surface area contributed by atoms with Gasteiger partial charge < -0.3 is 10.5 Å². The van der Waals surface area contributed by atoms with Gasteiger partial charge in [-0.25, -0.2) is 0 Å². The molecular formula is C21H24N4O5. The summed E-state index contributed by atoms with van der Waals surface area (Å²) < 4.78 is 5.45. The minimum atomic E-state index is -0.952. The van der Waals surface area contributed by atoms with Crippen LogP contribution in [0.5, 0.6) is 0 Å². The molecule has 3 N–H and O–H groups in total. The number of carbonyl (C=O) groups excluding carboxylic acids is 4. The van der Waals surface area contributed by atoms with Crippen LogP contribution in [0.4, 0.5) is 0 Å². The largest absolute Gasteiger partial charge is 0.380 e. The van der Waals surface area contributed by atoms with E-state index in [2.05, 4.69) is 10.2 Å². The number of nitrogens with two attached hydrogens (primary N) is 1. The van der Waals surface area contributed by atoms with E-state index in [9.17, 15) is 19.2 Å². The summed E-state index contributed by atoms with van der Waals surface area (Å²) in [5, 5.41) is 2.22. The van der Waals surface area contributed by atoms with E-state index in [0.29, 0.717) is 43.3 Å². The van der Waals surface area contributed by atoms with Crippen LogP contribution in [-0.4, -0.2) is 72.3 Å². The normalized spacial score (nSPS) is 28.1. The Hall–Kier alpha value is -2.62. The molecular weight excluding hydrogens is 388 g/mol. The number of hydrogen-bond donors (Lipinski definition) is 2. The molecule has 1 aromatic rings. The molecule has 9 heteroatoms. The SMILES string of the molecule is NCC1CN(Cc2cccc3c2C(=O)N(C2CCC(=O)NC2=O)C3=O)CC12COC2. The van der Waals surface area contributed by atoms with Crippen LogP contribution in [0, 0.1) is 11.3 Å². The maximum atomic E-state index is 13.2. The Bertz CT molecular complexity index is 957. The highest BCUT2D eigenvalue weighted by Gasteiger charge is 2.51. The van der Waals surface area contributed by atoms with Crippen LogP contribution >= 0.6 is 0 Å². The standard InChI is InChI=1S/C21H24N4O5/c22-6-13-8-24(9-21(13)10-30-11-21)7-12-2-1-3-14-17(12)20(29)25(19(14)28)15-4-5-16(26)23-18(15)27/h1-3,13,15H,4-11,22H2,(H,23,26,27). The van der Waals surface area contributed by atoms with Gasteiger partial charge in [0.2, 0.25) is 11.8 Å². The van der Waals surface area contributed by atoms with Crippen molar-refractivity contribution in [2.45, 2.75) is 25.4 Å². The molecule has 1 aromatic carbocycles. The second-order valence-corrected chi connectivity index (χ2v) is 8.74. The fourth-order valence-electron chi connectivity index (χ4n) is 5.24. The van der Waals surface area contributed by atoms with E-state index < -0.39 is 23.8 Å². The van der Waals surface area contributed by atoms with Crippen molar-refractivity contribution in [3.8, 4) is 0 Å². The second-order valence-electron chi connectivity index (χ2n) is 8.74. The number of ether oxygens (including phenoxy) is 1. The molecule has 3 fully saturated rings. The quantitative estimate of drug-likeness (QED) is 0.639. The number of fused-ring (bicyclic) bond motifs is 1. The minimum Gasteiger partial charge on any atom is -0.380 e. The maximum absolute atomic E-state index is 13.2. The van der Waals surface area contributed by atoms with E-state index >= 15 is 0 Å². The molecule has 4 aliphatic heterocycles. The lowest BCUT2D eigenvalue weighted by molar-refractivity contribution is -0.136. The smallest absolute Gasteiger partial charge is 0.262 e. The lowest BCUT2D eigenvalue weighted by atomic mass is 9.76. The molecule has 0 saturated carbocycles. The fourth-order valence-corrected chi connectivity index (χ4v) is 5.24. The molecule has 0 aromatic heterocycles. The molecule has 0 bridgehead atoms. The molecule has 0 radical (unpaired) electrons. The summed E-state index contributed by atoms with van der Waals surface area (Å²) in [6.07, 6.45) is 0.257. The molecule has 4 heterocycles. The number of piperidine rings is 1. The Labute approximate surface area is 173 Å². The third-order valence-corrected chi connectivity index (χ3v) is 6.90. The van der Waals surface area contributed by atoms with Crippen molar-refractivity contribution in [2.75, 3.05) is 32.8 Å². The van der Waals surface area contributed by atoms with Gasteiger partial charge in [0, 0.05) is 31.5 Å². The zero-order valence-corrected chi connectivity index (χ0v) is 16.6. The molecule has 4 aliphatic rings. The number of nitrogens with one attached hydrogen (secondary N) is 1. The minimum absolute atomic E-state index is 0.0886. The highest BCUT2D eigenvalue weighted by Crippen LogP contribution is 2.42. The number of nitrogens with zero attached hydrogens (tertiary/aromatic N) is 2. The van der Waals surface area contributed by atoms with Crippen molar-refractivity contribution in [1.82, 2.24) is 15.1 Å². The molecule has 4 amide bonds. The molecule has 5 rings (SSSR count). The predicted molar refractivity (Wildman–Crippen MR) is 104 cm³/mol. The van der Waals surface area contributed by atoms with Gasteiger partial charge in [-0.1, -0.05) is 12.1 Å². The number of rotatable bonds is 4. The van der Waals surface area contributed by atoms with Crippen LogP contribution in [-0.2, 0) is 20.9 Å². The van der Waals surface area contributed by atoms with E-state index in [0.717, 1.165) is 23.6 Å². The molecule has 9 nitrogen and oxygen atoms in total. The summed E-state index contributed by atoms with van der Waals surface area (Å²) in [5.74, 6) is -1.57. The van der Waals surface area contributed by atoms with Crippen LogP contribution in [0.2, 0.25) is 0 Å². The van der Waals surface area contributed by atoms with E-state index in [-0.39, 0.29) is 24.2 Å². The maximum Gasteiger partial charge on any atom is 0.262 e. The number of likely N-dealkylation sites (tertiary alicyclic amines) is 1. The monoisotopic (exact) mass is 412 g/mol. The lowest BCUT2D eigenvalue weighted by Crippen LogP contribution is -2.54. The van der Waals surface area contributed by atoms with Crippen molar-refractivity contribution in [3.05, 3.63) is 34.9 Å². The highest BCUT2D eigenvalue weighted by atomic mass is 16.5. The first kappa shape index (κ1) is 19.3. The van der Waals surface area contributed by atoms with Crippen molar-refractivity contribution >= 4 is 23.6 Å². The average molecular weight is 412 g/mol. The number of imide groups is 2. The van der Waals surface area contributed by atoms with Crippen LogP contribution in [0.3, 0.4) is 0 Å².